The first-order valence-electron chi connectivity index (χ1n) is 8.87. The van der Waals surface area contributed by atoms with Gasteiger partial charge in [0.05, 0.1) is 5.56 Å². The smallest absolute Gasteiger partial charge is 0.350 e. The van der Waals surface area contributed by atoms with Gasteiger partial charge in [-0.2, -0.15) is 13.2 Å². The van der Waals surface area contributed by atoms with Gasteiger partial charge in [0, 0.05) is 61.1 Å². The van der Waals surface area contributed by atoms with Gasteiger partial charge in [0.15, 0.2) is 0 Å². The number of H-pyrrole nitrogens is 1. The topological polar surface area (TPSA) is 79.4 Å². The summed E-state index contributed by atoms with van der Waals surface area (Å²) in [5.41, 5.74) is 3.17. The number of alkyl halides is 3. The lowest BCUT2D eigenvalue weighted by molar-refractivity contribution is -0.138. The van der Waals surface area contributed by atoms with Gasteiger partial charge in [-0.1, -0.05) is 0 Å². The molecule has 0 aliphatic heterocycles. The van der Waals surface area contributed by atoms with Crippen molar-refractivity contribution in [2.45, 2.75) is 26.1 Å². The summed E-state index contributed by atoms with van der Waals surface area (Å²) >= 11 is 0. The molecule has 0 spiro atoms. The molecule has 0 saturated carbocycles. The van der Waals surface area contributed by atoms with E-state index >= 15 is 0 Å². The lowest BCUT2D eigenvalue weighted by atomic mass is 10.1. The molecule has 4 rings (SSSR count). The molecule has 0 bridgehead atoms. The lowest BCUT2D eigenvalue weighted by Crippen LogP contribution is -2.13. The van der Waals surface area contributed by atoms with E-state index in [0.717, 1.165) is 40.0 Å². The number of nitrogens with one attached hydrogen (secondary N) is 2. The third kappa shape index (κ3) is 4.18. The van der Waals surface area contributed by atoms with Gasteiger partial charge < -0.3 is 10.3 Å². The number of halogens is 3. The molecule has 0 aliphatic rings. The Kier molecular flexibility index (Phi) is 4.87. The standard InChI is InChI=1S/C20H17F3N6/c1-12-4-16-14(10-26-18(16)25-6-12)5-13-7-27-19(28-8-13)29-11-15-9-24-3-2-17(15)20(21,22)23/h2-4,6-10H,5,11H2,1H3,(H,25,26)(H,27,28,29). The molecule has 0 amide bonds. The molecule has 0 fully saturated rings. The van der Waals surface area contributed by atoms with Crippen molar-refractivity contribution >= 4 is 17.0 Å². The maximum atomic E-state index is 13.0. The number of fused-ring (bicyclic) bond motifs is 1. The molecule has 4 heterocycles. The van der Waals surface area contributed by atoms with Crippen LogP contribution in [0.2, 0.25) is 0 Å². The number of anilines is 1. The van der Waals surface area contributed by atoms with E-state index in [2.05, 4.69) is 36.3 Å². The minimum absolute atomic E-state index is 0.0364. The second-order valence-electron chi connectivity index (χ2n) is 6.70. The summed E-state index contributed by atoms with van der Waals surface area (Å²) in [5.74, 6) is 0.252. The molecular formula is C20H17F3N6. The maximum Gasteiger partial charge on any atom is 0.416 e. The minimum Gasteiger partial charge on any atom is -0.350 e. The fraction of sp³-hybridized carbons (Fsp3) is 0.200. The van der Waals surface area contributed by atoms with Crippen LogP contribution in [0, 0.1) is 6.92 Å². The van der Waals surface area contributed by atoms with Crippen LogP contribution in [0.5, 0.6) is 0 Å². The average molecular weight is 398 g/mol. The van der Waals surface area contributed by atoms with Crippen molar-refractivity contribution in [2.24, 2.45) is 0 Å². The Morgan fingerprint density at radius 1 is 1.03 bits per heavy atom. The highest BCUT2D eigenvalue weighted by Gasteiger charge is 2.33. The predicted molar refractivity (Wildman–Crippen MR) is 102 cm³/mol. The van der Waals surface area contributed by atoms with Gasteiger partial charge in [0.25, 0.3) is 0 Å². The zero-order valence-electron chi connectivity index (χ0n) is 15.5. The Balaban J connectivity index is 1.45. The summed E-state index contributed by atoms with van der Waals surface area (Å²) in [6.45, 7) is 1.91. The zero-order chi connectivity index (χ0) is 20.4. The van der Waals surface area contributed by atoms with Crippen molar-refractivity contribution in [3.8, 4) is 0 Å². The highest BCUT2D eigenvalue weighted by atomic mass is 19.4. The van der Waals surface area contributed by atoms with Crippen molar-refractivity contribution < 1.29 is 13.2 Å². The van der Waals surface area contributed by atoms with Crippen LogP contribution in [0.4, 0.5) is 19.1 Å². The maximum absolute atomic E-state index is 13.0. The number of hydrogen-bond donors (Lipinski definition) is 2. The van der Waals surface area contributed by atoms with Gasteiger partial charge in [-0.25, -0.2) is 15.0 Å². The highest BCUT2D eigenvalue weighted by molar-refractivity contribution is 5.80. The third-order valence-electron chi connectivity index (χ3n) is 4.50. The Labute approximate surface area is 164 Å². The van der Waals surface area contributed by atoms with E-state index in [9.17, 15) is 13.2 Å². The van der Waals surface area contributed by atoms with E-state index in [-0.39, 0.29) is 18.1 Å². The van der Waals surface area contributed by atoms with E-state index < -0.39 is 11.7 Å². The molecule has 0 aromatic carbocycles. The summed E-state index contributed by atoms with van der Waals surface area (Å²) < 4.78 is 39.1. The zero-order valence-corrected chi connectivity index (χ0v) is 15.5. The van der Waals surface area contributed by atoms with Gasteiger partial charge in [-0.3, -0.25) is 4.98 Å². The van der Waals surface area contributed by atoms with Crippen LogP contribution in [0.25, 0.3) is 11.0 Å². The summed E-state index contributed by atoms with van der Waals surface area (Å²) in [7, 11) is 0. The van der Waals surface area contributed by atoms with E-state index in [1.807, 2.05) is 13.1 Å². The minimum atomic E-state index is -4.43. The quantitative estimate of drug-likeness (QED) is 0.525. The van der Waals surface area contributed by atoms with E-state index in [4.69, 9.17) is 0 Å². The van der Waals surface area contributed by atoms with Crippen molar-refractivity contribution in [1.82, 2.24) is 24.9 Å². The number of aryl methyl sites for hydroxylation is 1. The van der Waals surface area contributed by atoms with Crippen LogP contribution in [0.1, 0.15) is 27.8 Å². The SMILES string of the molecule is Cc1cnc2[nH]cc(Cc3cnc(NCc4cnccc4C(F)(F)F)nc3)c2c1. The average Bonchev–Trinajstić information content (AvgIpc) is 3.09. The molecule has 9 heteroatoms. The first kappa shape index (κ1) is 18.9. The molecule has 0 atom stereocenters. The van der Waals surface area contributed by atoms with Gasteiger partial charge >= 0.3 is 6.18 Å². The molecule has 2 N–H and O–H groups in total. The predicted octanol–water partition coefficient (Wildman–Crippen LogP) is 4.28. The van der Waals surface area contributed by atoms with Crippen LogP contribution in [-0.4, -0.2) is 24.9 Å². The number of rotatable bonds is 5. The van der Waals surface area contributed by atoms with Crippen molar-refractivity contribution in [3.63, 3.8) is 0 Å². The fourth-order valence-corrected chi connectivity index (χ4v) is 3.08. The van der Waals surface area contributed by atoms with Crippen molar-refractivity contribution in [2.75, 3.05) is 5.32 Å². The van der Waals surface area contributed by atoms with Gasteiger partial charge in [-0.05, 0) is 35.7 Å². The molecule has 6 nitrogen and oxygen atoms in total. The van der Waals surface area contributed by atoms with Crippen LogP contribution in [0.15, 0.2) is 49.3 Å². The van der Waals surface area contributed by atoms with Crippen LogP contribution in [0.3, 0.4) is 0 Å². The lowest BCUT2D eigenvalue weighted by Gasteiger charge is -2.12. The molecule has 0 radical (unpaired) electrons. The second-order valence-corrected chi connectivity index (χ2v) is 6.70. The monoisotopic (exact) mass is 398 g/mol. The summed E-state index contributed by atoms with van der Waals surface area (Å²) in [5, 5.41) is 3.86. The van der Waals surface area contributed by atoms with Crippen LogP contribution in [-0.2, 0) is 19.1 Å². The highest BCUT2D eigenvalue weighted by Crippen LogP contribution is 2.31. The molecule has 0 aliphatic carbocycles. The Morgan fingerprint density at radius 2 is 1.83 bits per heavy atom. The Hall–Kier alpha value is -3.49. The van der Waals surface area contributed by atoms with Crippen LogP contribution >= 0.6 is 0 Å². The fourth-order valence-electron chi connectivity index (χ4n) is 3.08. The molecule has 0 saturated heterocycles. The van der Waals surface area contributed by atoms with Crippen molar-refractivity contribution in [3.05, 3.63) is 77.1 Å². The van der Waals surface area contributed by atoms with Gasteiger partial charge in [0.1, 0.15) is 5.65 Å². The molecule has 29 heavy (non-hydrogen) atoms. The summed E-state index contributed by atoms with van der Waals surface area (Å²) in [6.07, 6.45) is 5.53. The van der Waals surface area contributed by atoms with Crippen LogP contribution < -0.4 is 5.32 Å². The van der Waals surface area contributed by atoms with E-state index in [0.29, 0.717) is 6.42 Å². The summed E-state index contributed by atoms with van der Waals surface area (Å²) in [4.78, 5) is 19.7. The van der Waals surface area contributed by atoms with Crippen molar-refractivity contribution in [1.29, 1.82) is 0 Å². The normalized spacial score (nSPS) is 11.7. The number of nitrogens with zero attached hydrogens (tertiary/aromatic N) is 4. The Morgan fingerprint density at radius 3 is 2.59 bits per heavy atom. The molecule has 148 valence electrons. The molecular weight excluding hydrogens is 381 g/mol. The number of pyridine rings is 2. The summed E-state index contributed by atoms with van der Waals surface area (Å²) in [6, 6.07) is 3.02. The van der Waals surface area contributed by atoms with E-state index in [1.54, 1.807) is 18.6 Å². The first-order chi connectivity index (χ1) is 13.9. The largest absolute Gasteiger partial charge is 0.416 e. The van der Waals surface area contributed by atoms with E-state index in [1.165, 1.54) is 6.20 Å². The second kappa shape index (κ2) is 7.50. The number of hydrogen-bond acceptors (Lipinski definition) is 5. The number of aromatic nitrogens is 5. The van der Waals surface area contributed by atoms with Gasteiger partial charge in [0.2, 0.25) is 5.95 Å². The molecule has 4 aromatic rings. The third-order valence-corrected chi connectivity index (χ3v) is 4.50. The van der Waals surface area contributed by atoms with Gasteiger partial charge in [-0.15, -0.1) is 0 Å². The molecule has 4 aromatic heterocycles. The first-order valence-corrected chi connectivity index (χ1v) is 8.87. The number of aromatic amines is 1. The Bertz CT molecular complexity index is 1140. The molecule has 0 unspecified atom stereocenters.